The molecule has 1 N–H and O–H groups in total. The number of nitrogens with one attached hydrogen (secondary N) is 1. The third-order valence-corrected chi connectivity index (χ3v) is 6.51. The molecule has 5 rings (SSSR count). The molecule has 4 aromatic rings. The Morgan fingerprint density at radius 2 is 1.67 bits per heavy atom. The van der Waals surface area contributed by atoms with Gasteiger partial charge in [0.25, 0.3) is 10.0 Å². The molecule has 30 heavy (non-hydrogen) atoms. The van der Waals surface area contributed by atoms with Gasteiger partial charge in [-0.15, -0.1) is 0 Å². The topological polar surface area (TPSA) is 87.8 Å². The fraction of sp³-hybridized carbons (Fsp3) is 0.0435. The SMILES string of the molecule is N#CC(=C1NS(=O)(=O)c2ccccc21)c1nc2ccccc2n1Cc1ccccc1. The zero-order valence-electron chi connectivity index (χ0n) is 15.8. The Balaban J connectivity index is 1.78. The lowest BCUT2D eigenvalue weighted by atomic mass is 10.1. The normalized spacial score (nSPS) is 16.0. The summed E-state index contributed by atoms with van der Waals surface area (Å²) >= 11 is 0. The first-order chi connectivity index (χ1) is 14.6. The molecule has 0 saturated carbocycles. The van der Waals surface area contributed by atoms with E-state index >= 15 is 0 Å². The lowest BCUT2D eigenvalue weighted by Crippen LogP contribution is -2.15. The Hall–Kier alpha value is -3.89. The summed E-state index contributed by atoms with van der Waals surface area (Å²) < 4.78 is 29.7. The largest absolute Gasteiger partial charge is 0.319 e. The Kier molecular flexibility index (Phi) is 4.16. The van der Waals surface area contributed by atoms with Gasteiger partial charge in [-0.1, -0.05) is 60.7 Å². The number of nitrogens with zero attached hydrogens (tertiary/aromatic N) is 3. The summed E-state index contributed by atoms with van der Waals surface area (Å²) in [6.45, 7) is 0.504. The number of rotatable bonds is 3. The van der Waals surface area contributed by atoms with Gasteiger partial charge in [0.1, 0.15) is 11.6 Å². The molecule has 0 atom stereocenters. The Labute approximate surface area is 173 Å². The van der Waals surface area contributed by atoms with Crippen LogP contribution in [0.5, 0.6) is 0 Å². The molecule has 0 unspecified atom stereocenters. The van der Waals surface area contributed by atoms with Gasteiger partial charge >= 0.3 is 0 Å². The highest BCUT2D eigenvalue weighted by atomic mass is 32.2. The summed E-state index contributed by atoms with van der Waals surface area (Å²) in [5.74, 6) is 0.428. The predicted molar refractivity (Wildman–Crippen MR) is 114 cm³/mol. The number of benzene rings is 3. The average Bonchev–Trinajstić information content (AvgIpc) is 3.25. The van der Waals surface area contributed by atoms with Crippen molar-refractivity contribution in [2.75, 3.05) is 0 Å². The molecule has 0 aliphatic carbocycles. The van der Waals surface area contributed by atoms with Crippen LogP contribution in [0.25, 0.3) is 22.3 Å². The first-order valence-corrected chi connectivity index (χ1v) is 10.8. The standard InChI is InChI=1S/C23H16N4O2S/c24-14-18(22-17-10-4-7-13-21(17)30(28,29)26-22)23-25-19-11-5-6-12-20(19)27(23)15-16-8-2-1-3-9-16/h1-13,26H,15H2. The average molecular weight is 412 g/mol. The quantitative estimate of drug-likeness (QED) is 0.519. The first-order valence-electron chi connectivity index (χ1n) is 9.34. The zero-order valence-corrected chi connectivity index (χ0v) is 16.6. The number of sulfonamides is 1. The van der Waals surface area contributed by atoms with Crippen LogP contribution in [0.15, 0.2) is 83.8 Å². The van der Waals surface area contributed by atoms with Crippen molar-refractivity contribution in [2.45, 2.75) is 11.4 Å². The molecule has 146 valence electrons. The van der Waals surface area contributed by atoms with Gasteiger partial charge in [0.05, 0.1) is 21.6 Å². The number of aromatic nitrogens is 2. The van der Waals surface area contributed by atoms with E-state index in [2.05, 4.69) is 10.8 Å². The molecule has 0 spiro atoms. The lowest BCUT2D eigenvalue weighted by molar-refractivity contribution is 0.594. The Morgan fingerprint density at radius 3 is 2.47 bits per heavy atom. The third kappa shape index (κ3) is 2.86. The third-order valence-electron chi connectivity index (χ3n) is 5.11. The van der Waals surface area contributed by atoms with E-state index in [1.165, 1.54) is 6.07 Å². The summed E-state index contributed by atoms with van der Waals surface area (Å²) in [5, 5.41) is 10.1. The summed E-state index contributed by atoms with van der Waals surface area (Å²) in [6, 6.07) is 26.4. The molecule has 1 aliphatic rings. The number of hydrogen-bond acceptors (Lipinski definition) is 4. The minimum Gasteiger partial charge on any atom is -0.319 e. The van der Waals surface area contributed by atoms with E-state index in [0.29, 0.717) is 17.9 Å². The first kappa shape index (κ1) is 18.2. The highest BCUT2D eigenvalue weighted by molar-refractivity contribution is 7.90. The second kappa shape index (κ2) is 6.87. The minimum absolute atomic E-state index is 0.165. The van der Waals surface area contributed by atoms with Crippen LogP contribution in [-0.4, -0.2) is 18.0 Å². The van der Waals surface area contributed by atoms with Crippen molar-refractivity contribution in [3.05, 3.63) is 95.8 Å². The van der Waals surface area contributed by atoms with E-state index in [0.717, 1.165) is 16.6 Å². The van der Waals surface area contributed by atoms with Gasteiger partial charge in [0, 0.05) is 12.1 Å². The molecule has 0 radical (unpaired) electrons. The van der Waals surface area contributed by atoms with Crippen molar-refractivity contribution in [2.24, 2.45) is 0 Å². The van der Waals surface area contributed by atoms with Crippen LogP contribution >= 0.6 is 0 Å². The molecular weight excluding hydrogens is 396 g/mol. The van der Waals surface area contributed by atoms with Crippen LogP contribution in [0.3, 0.4) is 0 Å². The van der Waals surface area contributed by atoms with Crippen molar-refractivity contribution in [1.82, 2.24) is 14.3 Å². The molecule has 0 amide bonds. The summed E-state index contributed by atoms with van der Waals surface area (Å²) in [5.41, 5.74) is 3.60. The maximum Gasteiger partial charge on any atom is 0.262 e. The van der Waals surface area contributed by atoms with Gasteiger partial charge < -0.3 is 4.57 Å². The zero-order chi connectivity index (χ0) is 20.7. The molecule has 0 saturated heterocycles. The van der Waals surface area contributed by atoms with Crippen LogP contribution in [0.4, 0.5) is 0 Å². The molecule has 0 fully saturated rings. The molecule has 1 aliphatic heterocycles. The number of nitriles is 1. The lowest BCUT2D eigenvalue weighted by Gasteiger charge is -2.11. The van der Waals surface area contributed by atoms with E-state index in [1.807, 2.05) is 59.2 Å². The number of para-hydroxylation sites is 2. The predicted octanol–water partition coefficient (Wildman–Crippen LogP) is 3.77. The van der Waals surface area contributed by atoms with Crippen LogP contribution in [0.2, 0.25) is 0 Å². The number of allylic oxidation sites excluding steroid dienone is 1. The maximum atomic E-state index is 12.6. The fourth-order valence-electron chi connectivity index (χ4n) is 3.75. The van der Waals surface area contributed by atoms with E-state index in [4.69, 9.17) is 4.98 Å². The minimum atomic E-state index is -3.72. The molecule has 0 bridgehead atoms. The van der Waals surface area contributed by atoms with Gasteiger partial charge in [-0.25, -0.2) is 13.4 Å². The van der Waals surface area contributed by atoms with Gasteiger partial charge in [0.15, 0.2) is 5.82 Å². The second-order valence-corrected chi connectivity index (χ2v) is 8.61. The van der Waals surface area contributed by atoms with Crippen molar-refractivity contribution in [3.8, 4) is 6.07 Å². The molecule has 2 heterocycles. The van der Waals surface area contributed by atoms with Crippen LogP contribution in [0, 0.1) is 11.3 Å². The van der Waals surface area contributed by atoms with Crippen molar-refractivity contribution >= 4 is 32.3 Å². The number of hydrogen-bond donors (Lipinski definition) is 1. The summed E-state index contributed by atoms with van der Waals surface area (Å²) in [6.07, 6.45) is 0. The van der Waals surface area contributed by atoms with Gasteiger partial charge in [-0.3, -0.25) is 4.72 Å². The molecule has 3 aromatic carbocycles. The molecular formula is C23H16N4O2S. The van der Waals surface area contributed by atoms with Crippen molar-refractivity contribution in [3.63, 3.8) is 0 Å². The Bertz CT molecular complexity index is 1460. The molecule has 1 aromatic heterocycles. The fourth-order valence-corrected chi connectivity index (χ4v) is 5.06. The van der Waals surface area contributed by atoms with E-state index in [1.54, 1.807) is 18.2 Å². The van der Waals surface area contributed by atoms with Crippen LogP contribution in [0.1, 0.15) is 17.0 Å². The van der Waals surface area contributed by atoms with E-state index in [9.17, 15) is 13.7 Å². The smallest absolute Gasteiger partial charge is 0.262 e. The molecule has 7 heteroatoms. The summed E-state index contributed by atoms with van der Waals surface area (Å²) in [4.78, 5) is 4.86. The van der Waals surface area contributed by atoms with Crippen molar-refractivity contribution < 1.29 is 8.42 Å². The highest BCUT2D eigenvalue weighted by Crippen LogP contribution is 2.35. The van der Waals surface area contributed by atoms with E-state index < -0.39 is 10.0 Å². The highest BCUT2D eigenvalue weighted by Gasteiger charge is 2.33. The van der Waals surface area contributed by atoms with Crippen LogP contribution in [-0.2, 0) is 16.6 Å². The molecule has 6 nitrogen and oxygen atoms in total. The van der Waals surface area contributed by atoms with Crippen LogP contribution < -0.4 is 4.72 Å². The summed E-state index contributed by atoms with van der Waals surface area (Å²) in [7, 11) is -3.72. The van der Waals surface area contributed by atoms with E-state index in [-0.39, 0.29) is 16.2 Å². The van der Waals surface area contributed by atoms with Gasteiger partial charge in [-0.2, -0.15) is 5.26 Å². The van der Waals surface area contributed by atoms with Gasteiger partial charge in [0.2, 0.25) is 0 Å². The number of fused-ring (bicyclic) bond motifs is 2. The Morgan fingerprint density at radius 1 is 0.967 bits per heavy atom. The second-order valence-electron chi connectivity index (χ2n) is 6.96. The van der Waals surface area contributed by atoms with Gasteiger partial charge in [-0.05, 0) is 23.8 Å². The number of imidazole rings is 1. The maximum absolute atomic E-state index is 12.6. The van der Waals surface area contributed by atoms with Crippen molar-refractivity contribution in [1.29, 1.82) is 5.26 Å². The monoisotopic (exact) mass is 412 g/mol.